The third-order valence-corrected chi connectivity index (χ3v) is 4.93. The Morgan fingerprint density at radius 1 is 1.59 bits per heavy atom. The summed E-state index contributed by atoms with van der Waals surface area (Å²) in [4.78, 5) is -0.194. The Balaban J connectivity index is 3.25. The van der Waals surface area contributed by atoms with Crippen LogP contribution in [0.1, 0.15) is 6.92 Å². The zero-order valence-electron chi connectivity index (χ0n) is 8.88. The number of halogens is 3. The molecule has 0 unspecified atom stereocenters. The summed E-state index contributed by atoms with van der Waals surface area (Å²) in [6.07, 6.45) is 0. The molecule has 17 heavy (non-hydrogen) atoms. The number of hydrogen-bond acceptors (Lipinski definition) is 3. The van der Waals surface area contributed by atoms with E-state index < -0.39 is 21.9 Å². The zero-order chi connectivity index (χ0) is 13.2. The fraction of sp³-hybridized carbons (Fsp3) is 0.333. The van der Waals surface area contributed by atoms with E-state index in [-0.39, 0.29) is 20.9 Å². The van der Waals surface area contributed by atoms with E-state index in [0.717, 1.165) is 12.1 Å². The average molecular weight is 346 g/mol. The lowest BCUT2D eigenvalue weighted by atomic mass is 10.3. The molecule has 3 N–H and O–H groups in total. The molecule has 0 saturated heterocycles. The fourth-order valence-electron chi connectivity index (χ4n) is 1.16. The van der Waals surface area contributed by atoms with Crippen molar-refractivity contribution in [3.63, 3.8) is 0 Å². The molecule has 1 rings (SSSR count). The van der Waals surface area contributed by atoms with Crippen molar-refractivity contribution in [1.29, 1.82) is 0 Å². The number of nitrogens with one attached hydrogen (secondary N) is 1. The zero-order valence-corrected chi connectivity index (χ0v) is 12.0. The lowest BCUT2D eigenvalue weighted by Crippen LogP contribution is -2.38. The number of rotatable bonds is 4. The molecule has 0 fully saturated rings. The molecule has 96 valence electrons. The molecule has 0 saturated carbocycles. The minimum Gasteiger partial charge on any atom is -0.329 e. The first-order valence-electron chi connectivity index (χ1n) is 4.65. The summed E-state index contributed by atoms with van der Waals surface area (Å²) in [5, 5.41) is -0.186. The predicted octanol–water partition coefficient (Wildman–Crippen LogP) is 1.87. The van der Waals surface area contributed by atoms with E-state index in [2.05, 4.69) is 20.7 Å². The number of benzene rings is 1. The molecule has 0 aliphatic carbocycles. The Labute approximate surface area is 113 Å². The van der Waals surface area contributed by atoms with E-state index in [4.69, 9.17) is 17.3 Å². The minimum absolute atomic E-state index is 0.0687. The predicted molar refractivity (Wildman–Crippen MR) is 67.9 cm³/mol. The molecule has 4 nitrogen and oxygen atoms in total. The molecular weight excluding hydrogens is 335 g/mol. The molecule has 1 aromatic carbocycles. The van der Waals surface area contributed by atoms with Crippen molar-refractivity contribution < 1.29 is 12.8 Å². The van der Waals surface area contributed by atoms with E-state index in [0.29, 0.717) is 0 Å². The van der Waals surface area contributed by atoms with Crippen molar-refractivity contribution in [1.82, 2.24) is 4.72 Å². The van der Waals surface area contributed by atoms with E-state index in [1.54, 1.807) is 6.92 Å². The summed E-state index contributed by atoms with van der Waals surface area (Å²) >= 11 is 8.70. The quantitative estimate of drug-likeness (QED) is 0.875. The normalized spacial score (nSPS) is 13.7. The highest BCUT2D eigenvalue weighted by Gasteiger charge is 2.23. The first kappa shape index (κ1) is 14.8. The maximum atomic E-state index is 13.0. The molecule has 0 radical (unpaired) electrons. The number of nitrogens with two attached hydrogens (primary N) is 1. The van der Waals surface area contributed by atoms with E-state index >= 15 is 0 Å². The maximum absolute atomic E-state index is 13.0. The Hall–Kier alpha value is -0.210. The molecule has 0 aliphatic rings. The molecule has 0 aliphatic heterocycles. The van der Waals surface area contributed by atoms with Gasteiger partial charge in [-0.05, 0) is 35.0 Å². The van der Waals surface area contributed by atoms with Gasteiger partial charge in [-0.3, -0.25) is 0 Å². The van der Waals surface area contributed by atoms with Gasteiger partial charge in [-0.2, -0.15) is 0 Å². The van der Waals surface area contributed by atoms with Crippen LogP contribution in [-0.4, -0.2) is 21.0 Å². The van der Waals surface area contributed by atoms with Gasteiger partial charge in [0.15, 0.2) is 0 Å². The Morgan fingerprint density at radius 3 is 2.65 bits per heavy atom. The van der Waals surface area contributed by atoms with Gasteiger partial charge >= 0.3 is 0 Å². The molecule has 1 aromatic rings. The van der Waals surface area contributed by atoms with Gasteiger partial charge in [0.25, 0.3) is 0 Å². The molecule has 0 spiro atoms. The van der Waals surface area contributed by atoms with Gasteiger partial charge in [-0.25, -0.2) is 17.5 Å². The average Bonchev–Trinajstić information content (AvgIpc) is 2.14. The summed E-state index contributed by atoms with van der Waals surface area (Å²) in [7, 11) is -3.83. The molecular formula is C9H11BrClFN2O2S. The molecule has 0 aromatic heterocycles. The Morgan fingerprint density at radius 2 is 2.18 bits per heavy atom. The van der Waals surface area contributed by atoms with Crippen molar-refractivity contribution in [3.8, 4) is 0 Å². The molecule has 0 bridgehead atoms. The summed E-state index contributed by atoms with van der Waals surface area (Å²) in [6, 6.07) is 1.54. The second-order valence-electron chi connectivity index (χ2n) is 3.46. The minimum atomic E-state index is -3.83. The van der Waals surface area contributed by atoms with Crippen LogP contribution in [0.25, 0.3) is 0 Å². The summed E-state index contributed by atoms with van der Waals surface area (Å²) < 4.78 is 39.3. The van der Waals surface area contributed by atoms with Crippen LogP contribution in [0.2, 0.25) is 5.02 Å². The van der Waals surface area contributed by atoms with Gasteiger partial charge in [0.2, 0.25) is 10.0 Å². The van der Waals surface area contributed by atoms with Crippen molar-refractivity contribution in [2.75, 3.05) is 6.54 Å². The summed E-state index contributed by atoms with van der Waals surface area (Å²) in [5.41, 5.74) is 5.33. The van der Waals surface area contributed by atoms with Crippen LogP contribution in [0.5, 0.6) is 0 Å². The first-order valence-corrected chi connectivity index (χ1v) is 7.30. The van der Waals surface area contributed by atoms with Crippen LogP contribution in [0, 0.1) is 5.82 Å². The van der Waals surface area contributed by atoms with Crippen molar-refractivity contribution in [3.05, 3.63) is 27.4 Å². The number of sulfonamides is 1. The second-order valence-corrected chi connectivity index (χ2v) is 6.37. The third kappa shape index (κ3) is 3.62. The van der Waals surface area contributed by atoms with Crippen LogP contribution in [0.3, 0.4) is 0 Å². The van der Waals surface area contributed by atoms with Crippen molar-refractivity contribution >= 4 is 37.6 Å². The maximum Gasteiger partial charge on any atom is 0.243 e. The van der Waals surface area contributed by atoms with Crippen LogP contribution in [0.4, 0.5) is 4.39 Å². The molecule has 8 heteroatoms. The highest BCUT2D eigenvalue weighted by Crippen LogP contribution is 2.30. The van der Waals surface area contributed by atoms with Crippen molar-refractivity contribution in [2.45, 2.75) is 17.9 Å². The topological polar surface area (TPSA) is 72.2 Å². The van der Waals surface area contributed by atoms with Gasteiger partial charge in [0, 0.05) is 17.1 Å². The van der Waals surface area contributed by atoms with E-state index in [1.807, 2.05) is 0 Å². The number of hydrogen-bond donors (Lipinski definition) is 2. The van der Waals surface area contributed by atoms with Crippen LogP contribution < -0.4 is 10.5 Å². The summed E-state index contributed by atoms with van der Waals surface area (Å²) in [5.74, 6) is -0.618. The molecule has 0 heterocycles. The van der Waals surface area contributed by atoms with Crippen LogP contribution in [-0.2, 0) is 10.0 Å². The molecule has 1 atom stereocenters. The van der Waals surface area contributed by atoms with Gasteiger partial charge in [-0.1, -0.05) is 11.6 Å². The van der Waals surface area contributed by atoms with Gasteiger partial charge in [0.1, 0.15) is 10.7 Å². The van der Waals surface area contributed by atoms with Crippen molar-refractivity contribution in [2.24, 2.45) is 5.73 Å². The van der Waals surface area contributed by atoms with Gasteiger partial charge in [0.05, 0.1) is 5.02 Å². The lowest BCUT2D eigenvalue weighted by molar-refractivity contribution is 0.561. The third-order valence-electron chi connectivity index (χ3n) is 1.94. The standard InChI is InChI=1S/C9H11BrClFN2O2S/c1-5(4-13)14-17(15,16)9-7(10)2-6(12)3-8(9)11/h2-3,5,14H,4,13H2,1H3/t5-/m0/s1. The second kappa shape index (κ2) is 5.62. The summed E-state index contributed by atoms with van der Waals surface area (Å²) in [6.45, 7) is 1.76. The molecule has 0 amide bonds. The van der Waals surface area contributed by atoms with Crippen LogP contribution >= 0.6 is 27.5 Å². The van der Waals surface area contributed by atoms with Crippen LogP contribution in [0.15, 0.2) is 21.5 Å². The highest BCUT2D eigenvalue weighted by molar-refractivity contribution is 9.10. The highest BCUT2D eigenvalue weighted by atomic mass is 79.9. The van der Waals surface area contributed by atoms with Gasteiger partial charge < -0.3 is 5.73 Å². The SMILES string of the molecule is C[C@@H](CN)NS(=O)(=O)c1c(Cl)cc(F)cc1Br. The Bertz CT molecular complexity index is 501. The Kier molecular flexibility index (Phi) is 4.91. The van der Waals surface area contributed by atoms with Gasteiger partial charge in [-0.15, -0.1) is 0 Å². The first-order chi connectivity index (χ1) is 7.77. The smallest absolute Gasteiger partial charge is 0.243 e. The monoisotopic (exact) mass is 344 g/mol. The lowest BCUT2D eigenvalue weighted by Gasteiger charge is -2.14. The fourth-order valence-corrected chi connectivity index (χ4v) is 4.23. The van der Waals surface area contributed by atoms with E-state index in [1.165, 1.54) is 0 Å². The van der Waals surface area contributed by atoms with E-state index in [9.17, 15) is 12.8 Å². The largest absolute Gasteiger partial charge is 0.329 e.